The molecule has 1 aromatic rings. The standard InChI is InChI=1S/C7H5Br2ClO2S/c1-4-2-3-5(8)6(9)7(4)13(10,11)12/h2-3H,1H3. The first-order valence-electron chi connectivity index (χ1n) is 3.23. The topological polar surface area (TPSA) is 34.1 Å². The fourth-order valence-corrected chi connectivity index (χ4v) is 4.13. The van der Waals surface area contributed by atoms with E-state index in [1.54, 1.807) is 19.1 Å². The molecule has 0 saturated heterocycles. The third-order valence-corrected chi connectivity index (χ3v) is 5.25. The number of hydrogen-bond donors (Lipinski definition) is 0. The van der Waals surface area contributed by atoms with E-state index < -0.39 is 9.05 Å². The number of halogens is 3. The van der Waals surface area contributed by atoms with Crippen LogP contribution in [0.2, 0.25) is 0 Å². The Morgan fingerprint density at radius 3 is 2.23 bits per heavy atom. The van der Waals surface area contributed by atoms with Crippen LogP contribution < -0.4 is 0 Å². The normalized spacial score (nSPS) is 11.7. The van der Waals surface area contributed by atoms with Crippen molar-refractivity contribution in [3.63, 3.8) is 0 Å². The van der Waals surface area contributed by atoms with Crippen molar-refractivity contribution in [2.45, 2.75) is 11.8 Å². The average Bonchev–Trinajstić information content (AvgIpc) is 1.95. The van der Waals surface area contributed by atoms with Gasteiger partial charge in [0, 0.05) is 15.2 Å². The molecule has 0 bridgehead atoms. The molecule has 0 radical (unpaired) electrons. The summed E-state index contributed by atoms with van der Waals surface area (Å²) < 4.78 is 23.4. The summed E-state index contributed by atoms with van der Waals surface area (Å²) in [6.07, 6.45) is 0. The van der Waals surface area contributed by atoms with E-state index in [0.29, 0.717) is 14.5 Å². The van der Waals surface area contributed by atoms with E-state index in [1.807, 2.05) is 0 Å². The monoisotopic (exact) mass is 346 g/mol. The van der Waals surface area contributed by atoms with Crippen LogP contribution >= 0.6 is 42.5 Å². The van der Waals surface area contributed by atoms with Crippen molar-refractivity contribution in [2.75, 3.05) is 0 Å². The molecule has 0 aliphatic heterocycles. The molecule has 72 valence electrons. The maximum Gasteiger partial charge on any atom is 0.262 e. The van der Waals surface area contributed by atoms with E-state index in [0.717, 1.165) is 0 Å². The van der Waals surface area contributed by atoms with Gasteiger partial charge in [-0.2, -0.15) is 0 Å². The Labute approximate surface area is 98.0 Å². The predicted octanol–water partition coefficient (Wildman–Crippen LogP) is 3.45. The molecular formula is C7H5Br2ClO2S. The minimum absolute atomic E-state index is 0.114. The Balaban J connectivity index is 3.62. The fraction of sp³-hybridized carbons (Fsp3) is 0.143. The van der Waals surface area contributed by atoms with E-state index in [4.69, 9.17) is 10.7 Å². The molecule has 0 atom stereocenters. The van der Waals surface area contributed by atoms with Gasteiger partial charge >= 0.3 is 0 Å². The number of aryl methyl sites for hydroxylation is 1. The van der Waals surface area contributed by atoms with Gasteiger partial charge in [-0.25, -0.2) is 8.42 Å². The zero-order valence-corrected chi connectivity index (χ0v) is 11.3. The van der Waals surface area contributed by atoms with Crippen molar-refractivity contribution in [3.05, 3.63) is 26.6 Å². The highest BCUT2D eigenvalue weighted by Crippen LogP contribution is 2.34. The highest BCUT2D eigenvalue weighted by Gasteiger charge is 2.18. The van der Waals surface area contributed by atoms with E-state index >= 15 is 0 Å². The number of rotatable bonds is 1. The van der Waals surface area contributed by atoms with Crippen molar-refractivity contribution in [1.29, 1.82) is 0 Å². The van der Waals surface area contributed by atoms with Gasteiger partial charge in [0.05, 0.1) is 4.47 Å². The first kappa shape index (κ1) is 11.5. The number of benzene rings is 1. The van der Waals surface area contributed by atoms with Crippen molar-refractivity contribution < 1.29 is 8.42 Å². The lowest BCUT2D eigenvalue weighted by molar-refractivity contribution is 0.608. The molecule has 2 nitrogen and oxygen atoms in total. The summed E-state index contributed by atoms with van der Waals surface area (Å²) in [6.45, 7) is 1.69. The van der Waals surface area contributed by atoms with Gasteiger partial charge in [0.1, 0.15) is 4.90 Å². The minimum Gasteiger partial charge on any atom is -0.207 e. The summed E-state index contributed by atoms with van der Waals surface area (Å²) in [5.41, 5.74) is 0.616. The Morgan fingerprint density at radius 2 is 1.85 bits per heavy atom. The third kappa shape index (κ3) is 2.46. The smallest absolute Gasteiger partial charge is 0.207 e. The molecule has 13 heavy (non-hydrogen) atoms. The van der Waals surface area contributed by atoms with Crippen LogP contribution in [0, 0.1) is 6.92 Å². The largest absolute Gasteiger partial charge is 0.262 e. The van der Waals surface area contributed by atoms with Crippen LogP contribution in [-0.4, -0.2) is 8.42 Å². The summed E-state index contributed by atoms with van der Waals surface area (Å²) >= 11 is 6.36. The quantitative estimate of drug-likeness (QED) is 0.729. The highest BCUT2D eigenvalue weighted by atomic mass is 79.9. The molecule has 0 heterocycles. The van der Waals surface area contributed by atoms with Crippen LogP contribution in [0.1, 0.15) is 5.56 Å². The molecule has 0 N–H and O–H groups in total. The molecule has 0 fully saturated rings. The van der Waals surface area contributed by atoms with Crippen LogP contribution in [0.25, 0.3) is 0 Å². The van der Waals surface area contributed by atoms with Gasteiger partial charge < -0.3 is 0 Å². The predicted molar refractivity (Wildman–Crippen MR) is 59.6 cm³/mol. The Kier molecular flexibility index (Phi) is 3.43. The lowest BCUT2D eigenvalue weighted by Crippen LogP contribution is -1.96. The zero-order valence-electron chi connectivity index (χ0n) is 6.51. The third-order valence-electron chi connectivity index (χ3n) is 1.49. The summed E-state index contributed by atoms with van der Waals surface area (Å²) in [5.74, 6) is 0. The second-order valence-electron chi connectivity index (χ2n) is 2.45. The van der Waals surface area contributed by atoms with E-state index in [9.17, 15) is 8.42 Å². The van der Waals surface area contributed by atoms with Gasteiger partial charge in [-0.3, -0.25) is 0 Å². The minimum atomic E-state index is -3.69. The Morgan fingerprint density at radius 1 is 1.31 bits per heavy atom. The first-order valence-corrected chi connectivity index (χ1v) is 7.13. The van der Waals surface area contributed by atoms with Crippen molar-refractivity contribution in [2.24, 2.45) is 0 Å². The molecule has 0 amide bonds. The Bertz CT molecular complexity index is 442. The van der Waals surface area contributed by atoms with Crippen LogP contribution in [0.5, 0.6) is 0 Å². The second kappa shape index (κ2) is 3.88. The van der Waals surface area contributed by atoms with Crippen molar-refractivity contribution in [1.82, 2.24) is 0 Å². The molecule has 0 unspecified atom stereocenters. The molecule has 1 rings (SSSR count). The SMILES string of the molecule is Cc1ccc(Br)c(Br)c1S(=O)(=O)Cl. The molecule has 0 spiro atoms. The highest BCUT2D eigenvalue weighted by molar-refractivity contribution is 9.13. The van der Waals surface area contributed by atoms with Gasteiger partial charge in [-0.1, -0.05) is 6.07 Å². The summed E-state index contributed by atoms with van der Waals surface area (Å²) in [6, 6.07) is 3.44. The van der Waals surface area contributed by atoms with E-state index in [1.165, 1.54) is 0 Å². The molecule has 0 aliphatic carbocycles. The van der Waals surface area contributed by atoms with Gasteiger partial charge in [0.2, 0.25) is 0 Å². The first-order chi connectivity index (χ1) is 5.84. The van der Waals surface area contributed by atoms with Gasteiger partial charge in [-0.05, 0) is 50.4 Å². The molecular weight excluding hydrogens is 343 g/mol. The fourth-order valence-electron chi connectivity index (χ4n) is 0.928. The van der Waals surface area contributed by atoms with Crippen LogP contribution in [0.15, 0.2) is 26.0 Å². The van der Waals surface area contributed by atoms with Crippen LogP contribution in [0.4, 0.5) is 0 Å². The maximum atomic E-state index is 11.1. The summed E-state index contributed by atoms with van der Waals surface area (Å²) in [5, 5.41) is 0. The molecule has 0 aromatic heterocycles. The maximum absolute atomic E-state index is 11.1. The average molecular weight is 348 g/mol. The van der Waals surface area contributed by atoms with Gasteiger partial charge in [-0.15, -0.1) is 0 Å². The van der Waals surface area contributed by atoms with E-state index in [2.05, 4.69) is 31.9 Å². The lowest BCUT2D eigenvalue weighted by Gasteiger charge is -2.05. The van der Waals surface area contributed by atoms with Crippen LogP contribution in [-0.2, 0) is 9.05 Å². The molecule has 0 saturated carbocycles. The van der Waals surface area contributed by atoms with Gasteiger partial charge in [0.25, 0.3) is 9.05 Å². The zero-order chi connectivity index (χ0) is 10.2. The molecule has 6 heteroatoms. The number of hydrogen-bond acceptors (Lipinski definition) is 2. The summed E-state index contributed by atoms with van der Waals surface area (Å²) in [4.78, 5) is 0.114. The summed E-state index contributed by atoms with van der Waals surface area (Å²) in [7, 11) is 1.57. The van der Waals surface area contributed by atoms with Crippen molar-refractivity contribution >= 4 is 51.6 Å². The molecule has 0 aliphatic rings. The van der Waals surface area contributed by atoms with E-state index in [-0.39, 0.29) is 4.90 Å². The van der Waals surface area contributed by atoms with Crippen LogP contribution in [0.3, 0.4) is 0 Å². The van der Waals surface area contributed by atoms with Gasteiger partial charge in [0.15, 0.2) is 0 Å². The second-order valence-corrected chi connectivity index (χ2v) is 6.60. The Hall–Kier alpha value is 0.420. The molecule has 1 aromatic carbocycles. The van der Waals surface area contributed by atoms with Crippen molar-refractivity contribution in [3.8, 4) is 0 Å². The lowest BCUT2D eigenvalue weighted by atomic mass is 10.2.